The van der Waals surface area contributed by atoms with Gasteiger partial charge in [0.2, 0.25) is 0 Å². The van der Waals surface area contributed by atoms with Gasteiger partial charge in [-0.25, -0.2) is 18.0 Å². The van der Waals surface area contributed by atoms with E-state index in [1.54, 1.807) is 25.7 Å². The summed E-state index contributed by atoms with van der Waals surface area (Å²) in [6.45, 7) is 6.03. The van der Waals surface area contributed by atoms with E-state index in [0.29, 0.717) is 25.1 Å². The summed E-state index contributed by atoms with van der Waals surface area (Å²) in [7, 11) is 0. The van der Waals surface area contributed by atoms with Gasteiger partial charge in [0.25, 0.3) is 0 Å². The van der Waals surface area contributed by atoms with Crippen molar-refractivity contribution in [2.24, 2.45) is 0 Å². The second kappa shape index (κ2) is 6.68. The van der Waals surface area contributed by atoms with Crippen LogP contribution in [0.15, 0.2) is 12.1 Å². The summed E-state index contributed by atoms with van der Waals surface area (Å²) in [4.78, 5) is 13.7. The van der Waals surface area contributed by atoms with Crippen LogP contribution < -0.4 is 5.32 Å². The zero-order valence-corrected chi connectivity index (χ0v) is 13.5. The molecule has 0 saturated carbocycles. The normalized spacial score (nSPS) is 18.2. The van der Waals surface area contributed by atoms with E-state index in [-0.39, 0.29) is 18.3 Å². The molecule has 23 heavy (non-hydrogen) atoms. The van der Waals surface area contributed by atoms with Gasteiger partial charge in [0.1, 0.15) is 17.1 Å². The van der Waals surface area contributed by atoms with Crippen molar-refractivity contribution >= 4 is 11.8 Å². The second-order valence-electron chi connectivity index (χ2n) is 6.60. The van der Waals surface area contributed by atoms with Crippen molar-refractivity contribution in [1.29, 1.82) is 0 Å². The van der Waals surface area contributed by atoms with Crippen LogP contribution in [0.2, 0.25) is 0 Å². The van der Waals surface area contributed by atoms with Crippen molar-refractivity contribution in [1.82, 2.24) is 4.90 Å². The van der Waals surface area contributed by atoms with Gasteiger partial charge < -0.3 is 15.0 Å². The van der Waals surface area contributed by atoms with Gasteiger partial charge in [-0.15, -0.1) is 0 Å². The molecule has 1 saturated heterocycles. The molecule has 1 atom stereocenters. The minimum atomic E-state index is -0.996. The summed E-state index contributed by atoms with van der Waals surface area (Å²) in [5, 5.41) is 2.63. The molecular formula is C16H21F3N2O2. The van der Waals surface area contributed by atoms with Crippen LogP contribution in [-0.2, 0) is 4.74 Å². The highest BCUT2D eigenvalue weighted by Gasteiger charge is 2.32. The summed E-state index contributed by atoms with van der Waals surface area (Å²) in [6, 6.07) is 1.01. The van der Waals surface area contributed by atoms with E-state index in [1.807, 2.05) is 0 Å². The lowest BCUT2D eigenvalue weighted by Crippen LogP contribution is -2.42. The quantitative estimate of drug-likeness (QED) is 0.913. The Morgan fingerprint density at radius 2 is 1.91 bits per heavy atom. The highest BCUT2D eigenvalue weighted by atomic mass is 19.1. The molecular weight excluding hydrogens is 309 g/mol. The molecule has 0 aliphatic carbocycles. The van der Waals surface area contributed by atoms with E-state index in [2.05, 4.69) is 5.32 Å². The Morgan fingerprint density at radius 1 is 1.30 bits per heavy atom. The Morgan fingerprint density at radius 3 is 2.48 bits per heavy atom. The van der Waals surface area contributed by atoms with Crippen LogP contribution in [0.5, 0.6) is 0 Å². The van der Waals surface area contributed by atoms with Crippen LogP contribution >= 0.6 is 0 Å². The predicted molar refractivity (Wildman–Crippen MR) is 80.8 cm³/mol. The Bertz CT molecular complexity index is 564. The lowest BCUT2D eigenvalue weighted by atomic mass is 10.2. The number of likely N-dealkylation sites (tertiary alicyclic amines) is 1. The maximum Gasteiger partial charge on any atom is 0.410 e. The van der Waals surface area contributed by atoms with Crippen LogP contribution in [-0.4, -0.2) is 35.7 Å². The highest BCUT2D eigenvalue weighted by Crippen LogP contribution is 2.24. The molecule has 1 heterocycles. The van der Waals surface area contributed by atoms with Crippen molar-refractivity contribution in [2.75, 3.05) is 18.4 Å². The van der Waals surface area contributed by atoms with Gasteiger partial charge >= 0.3 is 6.09 Å². The first-order chi connectivity index (χ1) is 10.7. The first-order valence-electron chi connectivity index (χ1n) is 7.55. The van der Waals surface area contributed by atoms with Crippen LogP contribution in [0, 0.1) is 17.5 Å². The zero-order chi connectivity index (χ0) is 17.2. The number of hydrogen-bond donors (Lipinski definition) is 1. The third kappa shape index (κ3) is 4.53. The first-order valence-corrected chi connectivity index (χ1v) is 7.55. The molecule has 1 N–H and O–H groups in total. The fraction of sp³-hybridized carbons (Fsp3) is 0.562. The van der Waals surface area contributed by atoms with Gasteiger partial charge in [-0.3, -0.25) is 0 Å². The smallest absolute Gasteiger partial charge is 0.410 e. The number of carbonyl (C=O) groups excluding carboxylic acids is 1. The summed E-state index contributed by atoms with van der Waals surface area (Å²) in [5.74, 6) is -2.96. The van der Waals surface area contributed by atoms with Crippen LogP contribution in [0.3, 0.4) is 0 Å². The van der Waals surface area contributed by atoms with Crippen molar-refractivity contribution < 1.29 is 22.7 Å². The third-order valence-electron chi connectivity index (χ3n) is 3.53. The molecule has 1 aliphatic rings. The fourth-order valence-electron chi connectivity index (χ4n) is 2.54. The molecule has 1 aromatic rings. The molecule has 128 valence electrons. The number of rotatable bonds is 3. The molecule has 7 heteroatoms. The highest BCUT2D eigenvalue weighted by molar-refractivity contribution is 5.69. The van der Waals surface area contributed by atoms with Gasteiger partial charge in [0, 0.05) is 25.2 Å². The number of hydrogen-bond acceptors (Lipinski definition) is 3. The third-order valence-corrected chi connectivity index (χ3v) is 3.53. The predicted octanol–water partition coefficient (Wildman–Crippen LogP) is 3.92. The van der Waals surface area contributed by atoms with Crippen LogP contribution in [0.1, 0.15) is 33.6 Å². The van der Waals surface area contributed by atoms with Gasteiger partial charge in [-0.2, -0.15) is 0 Å². The second-order valence-corrected chi connectivity index (χ2v) is 6.60. The Labute approximate surface area is 133 Å². The number of ether oxygens (including phenoxy) is 1. The van der Waals surface area contributed by atoms with Crippen molar-refractivity contribution in [2.45, 2.75) is 45.3 Å². The van der Waals surface area contributed by atoms with E-state index in [0.717, 1.165) is 6.42 Å². The van der Waals surface area contributed by atoms with Crippen molar-refractivity contribution in [3.8, 4) is 0 Å². The van der Waals surface area contributed by atoms with Crippen LogP contribution in [0.25, 0.3) is 0 Å². The number of nitrogens with zero attached hydrogens (tertiary/aromatic N) is 1. The molecule has 1 aromatic carbocycles. The molecule has 0 radical (unpaired) electrons. The number of benzene rings is 1. The number of halogens is 3. The summed E-state index contributed by atoms with van der Waals surface area (Å²) >= 11 is 0. The topological polar surface area (TPSA) is 41.6 Å². The molecule has 0 aromatic heterocycles. The standard InChI is InChI=1S/C16H21F3N2O2/c1-16(2,3)23-15(22)21-6-4-5-11(21)9-20-14-12(18)7-10(17)8-13(14)19/h7-8,11,20H,4-6,9H2,1-3H3. The van der Waals surface area contributed by atoms with E-state index >= 15 is 0 Å². The van der Waals surface area contributed by atoms with Crippen molar-refractivity contribution in [3.05, 3.63) is 29.6 Å². The average Bonchev–Trinajstić information content (AvgIpc) is 2.83. The molecule has 1 aliphatic heterocycles. The number of anilines is 1. The lowest BCUT2D eigenvalue weighted by molar-refractivity contribution is 0.0235. The Hall–Kier alpha value is -1.92. The summed E-state index contributed by atoms with van der Waals surface area (Å²) in [5.41, 5.74) is -0.991. The molecule has 0 spiro atoms. The van der Waals surface area contributed by atoms with E-state index in [4.69, 9.17) is 4.74 Å². The Balaban J connectivity index is 2.01. The Kier molecular flexibility index (Phi) is 5.06. The van der Waals surface area contributed by atoms with E-state index in [9.17, 15) is 18.0 Å². The molecule has 1 unspecified atom stereocenters. The number of nitrogens with one attached hydrogen (secondary N) is 1. The minimum absolute atomic E-state index is 0.165. The summed E-state index contributed by atoms with van der Waals surface area (Å²) in [6.07, 6.45) is 1.05. The maximum atomic E-state index is 13.6. The minimum Gasteiger partial charge on any atom is -0.444 e. The van der Waals surface area contributed by atoms with Gasteiger partial charge in [0.15, 0.2) is 11.6 Å². The monoisotopic (exact) mass is 330 g/mol. The first kappa shape index (κ1) is 17.4. The van der Waals surface area contributed by atoms with Crippen molar-refractivity contribution in [3.63, 3.8) is 0 Å². The van der Waals surface area contributed by atoms with E-state index < -0.39 is 29.1 Å². The van der Waals surface area contributed by atoms with Gasteiger partial charge in [-0.1, -0.05) is 0 Å². The zero-order valence-electron chi connectivity index (χ0n) is 13.5. The van der Waals surface area contributed by atoms with Gasteiger partial charge in [-0.05, 0) is 33.6 Å². The summed E-state index contributed by atoms with van der Waals surface area (Å²) < 4.78 is 45.5. The molecule has 1 fully saturated rings. The van der Waals surface area contributed by atoms with Crippen LogP contribution in [0.4, 0.5) is 23.7 Å². The SMILES string of the molecule is CC(C)(C)OC(=O)N1CCCC1CNc1c(F)cc(F)cc1F. The maximum absolute atomic E-state index is 13.6. The van der Waals surface area contributed by atoms with E-state index in [1.165, 1.54) is 0 Å². The largest absolute Gasteiger partial charge is 0.444 e. The number of amides is 1. The lowest BCUT2D eigenvalue weighted by Gasteiger charge is -2.29. The number of carbonyl (C=O) groups is 1. The molecule has 1 amide bonds. The molecule has 0 bridgehead atoms. The molecule has 4 nitrogen and oxygen atoms in total. The molecule has 2 rings (SSSR count). The average molecular weight is 330 g/mol. The van der Waals surface area contributed by atoms with Gasteiger partial charge in [0.05, 0.1) is 6.04 Å². The fourth-order valence-corrected chi connectivity index (χ4v) is 2.54.